The summed E-state index contributed by atoms with van der Waals surface area (Å²) in [6.07, 6.45) is -0.901. The van der Waals surface area contributed by atoms with E-state index >= 15 is 0 Å². The van der Waals surface area contributed by atoms with Gasteiger partial charge in [-0.1, -0.05) is 29.8 Å². The highest BCUT2D eigenvalue weighted by Gasteiger charge is 2.14. The highest BCUT2D eigenvalue weighted by atomic mass is 35.5. The molecule has 1 atom stereocenters. The van der Waals surface area contributed by atoms with Crippen LogP contribution in [0.15, 0.2) is 42.5 Å². The number of hydrogen-bond acceptors (Lipinski definition) is 3. The molecule has 0 aliphatic rings. The lowest BCUT2D eigenvalue weighted by Gasteiger charge is -2.13. The van der Waals surface area contributed by atoms with Crippen molar-refractivity contribution in [3.63, 3.8) is 0 Å². The number of nitrogens with one attached hydrogen (secondary N) is 2. The number of urea groups is 1. The first kappa shape index (κ1) is 15.2. The summed E-state index contributed by atoms with van der Waals surface area (Å²) < 4.78 is 0. The lowest BCUT2D eigenvalue weighted by Crippen LogP contribution is -2.19. The molecule has 0 fully saturated rings. The van der Waals surface area contributed by atoms with Crippen LogP contribution >= 0.6 is 11.6 Å². The van der Waals surface area contributed by atoms with Gasteiger partial charge >= 0.3 is 6.03 Å². The molecule has 0 saturated heterocycles. The third-order valence-corrected chi connectivity index (χ3v) is 3.12. The molecule has 0 radical (unpaired) electrons. The van der Waals surface area contributed by atoms with E-state index in [2.05, 4.69) is 10.6 Å². The fourth-order valence-electron chi connectivity index (χ4n) is 1.83. The summed E-state index contributed by atoms with van der Waals surface area (Å²) in [4.78, 5) is 11.9. The van der Waals surface area contributed by atoms with E-state index in [1.165, 1.54) is 19.1 Å². The molecule has 2 aromatic carbocycles. The molecule has 0 aliphatic carbocycles. The van der Waals surface area contributed by atoms with E-state index in [0.717, 1.165) is 0 Å². The zero-order valence-corrected chi connectivity index (χ0v) is 12.1. The maximum absolute atomic E-state index is 11.9. The molecule has 0 aliphatic heterocycles. The zero-order valence-electron chi connectivity index (χ0n) is 11.3. The molecule has 2 rings (SSSR count). The van der Waals surface area contributed by atoms with Gasteiger partial charge in [0.1, 0.15) is 5.75 Å². The molecule has 0 heterocycles. The second-order valence-electron chi connectivity index (χ2n) is 4.52. The molecular weight excluding hydrogens is 292 g/mol. The Hall–Kier alpha value is -2.24. The van der Waals surface area contributed by atoms with Crippen LogP contribution in [0.1, 0.15) is 18.6 Å². The number of aliphatic hydroxyl groups excluding tert-OH is 1. The van der Waals surface area contributed by atoms with E-state index < -0.39 is 12.1 Å². The lowest BCUT2D eigenvalue weighted by atomic mass is 10.1. The summed E-state index contributed by atoms with van der Waals surface area (Å²) in [5.41, 5.74) is 1.27. The third-order valence-electron chi connectivity index (χ3n) is 2.83. The number of para-hydroxylation sites is 1. The molecule has 21 heavy (non-hydrogen) atoms. The average molecular weight is 307 g/mol. The number of halogens is 1. The van der Waals surface area contributed by atoms with Gasteiger partial charge in [0, 0.05) is 16.9 Å². The monoisotopic (exact) mass is 306 g/mol. The Bertz CT molecular complexity index is 645. The number of benzene rings is 2. The summed E-state index contributed by atoms with van der Waals surface area (Å²) in [6.45, 7) is 1.50. The minimum Gasteiger partial charge on any atom is -0.506 e. The van der Waals surface area contributed by atoms with Crippen molar-refractivity contribution >= 4 is 29.0 Å². The Morgan fingerprint density at radius 2 is 1.76 bits per heavy atom. The van der Waals surface area contributed by atoms with E-state index in [1.807, 2.05) is 6.07 Å². The van der Waals surface area contributed by atoms with Gasteiger partial charge in [0.25, 0.3) is 0 Å². The van der Waals surface area contributed by atoms with Crippen LogP contribution in [0.4, 0.5) is 16.2 Å². The number of anilines is 2. The molecule has 0 saturated carbocycles. The quantitative estimate of drug-likeness (QED) is 0.652. The van der Waals surface area contributed by atoms with Crippen molar-refractivity contribution in [2.24, 2.45) is 0 Å². The van der Waals surface area contributed by atoms with Gasteiger partial charge in [-0.05, 0) is 31.2 Å². The Labute approximate surface area is 127 Å². The van der Waals surface area contributed by atoms with Crippen LogP contribution in [-0.2, 0) is 0 Å². The number of aliphatic hydroxyl groups is 1. The average Bonchev–Trinajstić information content (AvgIpc) is 2.43. The maximum Gasteiger partial charge on any atom is 0.323 e. The van der Waals surface area contributed by atoms with Gasteiger partial charge in [-0.15, -0.1) is 0 Å². The molecular formula is C15H15ClN2O3. The maximum atomic E-state index is 11.9. The van der Waals surface area contributed by atoms with Gasteiger partial charge in [0.15, 0.2) is 0 Å². The lowest BCUT2D eigenvalue weighted by molar-refractivity contribution is 0.195. The topological polar surface area (TPSA) is 81.6 Å². The minimum atomic E-state index is -0.901. The molecule has 6 heteroatoms. The van der Waals surface area contributed by atoms with E-state index in [1.54, 1.807) is 24.3 Å². The minimum absolute atomic E-state index is 0.0587. The molecule has 5 nitrogen and oxygen atoms in total. The number of aromatic hydroxyl groups is 1. The second kappa shape index (κ2) is 6.47. The van der Waals surface area contributed by atoms with E-state index in [4.69, 9.17) is 11.6 Å². The third kappa shape index (κ3) is 3.87. The van der Waals surface area contributed by atoms with Crippen molar-refractivity contribution in [3.8, 4) is 5.75 Å². The van der Waals surface area contributed by atoms with Crippen molar-refractivity contribution in [2.75, 3.05) is 10.6 Å². The number of carbonyl (C=O) groups is 1. The van der Waals surface area contributed by atoms with Crippen LogP contribution in [0.3, 0.4) is 0 Å². The molecule has 0 spiro atoms. The van der Waals surface area contributed by atoms with Gasteiger partial charge in [-0.2, -0.15) is 0 Å². The highest BCUT2D eigenvalue weighted by molar-refractivity contribution is 6.32. The predicted molar refractivity (Wildman–Crippen MR) is 82.8 cm³/mol. The van der Waals surface area contributed by atoms with Gasteiger partial charge in [-0.25, -0.2) is 4.79 Å². The molecule has 2 amide bonds. The van der Waals surface area contributed by atoms with E-state index in [0.29, 0.717) is 11.4 Å². The van der Waals surface area contributed by atoms with Crippen LogP contribution in [0, 0.1) is 0 Å². The van der Waals surface area contributed by atoms with Gasteiger partial charge in [0.2, 0.25) is 0 Å². The zero-order chi connectivity index (χ0) is 15.4. The summed E-state index contributed by atoms with van der Waals surface area (Å²) in [5, 5.41) is 24.6. The van der Waals surface area contributed by atoms with Gasteiger partial charge in [0.05, 0.1) is 11.1 Å². The van der Waals surface area contributed by atoms with Crippen LogP contribution in [-0.4, -0.2) is 16.2 Å². The van der Waals surface area contributed by atoms with Crippen LogP contribution < -0.4 is 10.6 Å². The first-order valence-electron chi connectivity index (χ1n) is 6.31. The Balaban J connectivity index is 2.14. The van der Waals surface area contributed by atoms with Gasteiger partial charge in [-0.3, -0.25) is 0 Å². The Morgan fingerprint density at radius 1 is 1.14 bits per heavy atom. The van der Waals surface area contributed by atoms with E-state index in [9.17, 15) is 15.0 Å². The highest BCUT2D eigenvalue weighted by Crippen LogP contribution is 2.34. The first-order valence-corrected chi connectivity index (χ1v) is 6.68. The molecule has 4 N–H and O–H groups in total. The molecule has 2 aromatic rings. The largest absolute Gasteiger partial charge is 0.506 e. The van der Waals surface area contributed by atoms with Crippen molar-refractivity contribution in [1.29, 1.82) is 0 Å². The second-order valence-corrected chi connectivity index (χ2v) is 4.92. The number of rotatable bonds is 3. The van der Waals surface area contributed by atoms with E-state index in [-0.39, 0.29) is 16.3 Å². The van der Waals surface area contributed by atoms with Gasteiger partial charge < -0.3 is 20.8 Å². The summed E-state index contributed by atoms with van der Waals surface area (Å²) in [5.74, 6) is -0.194. The fraction of sp³-hybridized carbons (Fsp3) is 0.133. The fourth-order valence-corrected chi connectivity index (χ4v) is 2.05. The number of carbonyl (C=O) groups excluding carboxylic acids is 1. The van der Waals surface area contributed by atoms with Crippen LogP contribution in [0.2, 0.25) is 5.02 Å². The molecule has 0 bridgehead atoms. The molecule has 110 valence electrons. The van der Waals surface area contributed by atoms with Crippen LogP contribution in [0.5, 0.6) is 5.75 Å². The number of phenolic OH excluding ortho intramolecular Hbond substituents is 1. The SMILES string of the molecule is CC(O)c1cc(NC(=O)Nc2ccccc2)cc(Cl)c1O. The van der Waals surface area contributed by atoms with Crippen molar-refractivity contribution in [1.82, 2.24) is 0 Å². The summed E-state index contributed by atoms with van der Waals surface area (Å²) in [7, 11) is 0. The van der Waals surface area contributed by atoms with Crippen LogP contribution in [0.25, 0.3) is 0 Å². The number of phenols is 1. The van der Waals surface area contributed by atoms with Crippen molar-refractivity contribution < 1.29 is 15.0 Å². The summed E-state index contributed by atoms with van der Waals surface area (Å²) >= 11 is 5.87. The molecule has 0 aromatic heterocycles. The normalized spacial score (nSPS) is 11.8. The standard InChI is InChI=1S/C15H15ClN2O3/c1-9(19)12-7-11(8-13(16)14(12)20)18-15(21)17-10-5-3-2-4-6-10/h2-9,19-20H,1H3,(H2,17,18,21). The Morgan fingerprint density at radius 3 is 2.38 bits per heavy atom. The Kier molecular flexibility index (Phi) is 4.67. The number of amides is 2. The predicted octanol–water partition coefficient (Wildman–Crippen LogP) is 3.74. The van der Waals surface area contributed by atoms with Crippen molar-refractivity contribution in [2.45, 2.75) is 13.0 Å². The summed E-state index contributed by atoms with van der Waals surface area (Å²) in [6, 6.07) is 11.4. The number of hydrogen-bond donors (Lipinski definition) is 4. The van der Waals surface area contributed by atoms with Crippen molar-refractivity contribution in [3.05, 3.63) is 53.1 Å². The molecule has 1 unspecified atom stereocenters. The first-order chi connectivity index (χ1) is 9.97. The smallest absolute Gasteiger partial charge is 0.323 e.